The van der Waals surface area contributed by atoms with Crippen molar-refractivity contribution in [3.63, 3.8) is 0 Å². The summed E-state index contributed by atoms with van der Waals surface area (Å²) < 4.78 is 24.7. The molecule has 16 heavy (non-hydrogen) atoms. The average Bonchev–Trinajstić information content (AvgIpc) is 2.16. The van der Waals surface area contributed by atoms with E-state index in [1.165, 1.54) is 6.07 Å². The minimum absolute atomic E-state index is 0.0740. The van der Waals surface area contributed by atoms with Crippen molar-refractivity contribution in [3.8, 4) is 0 Å². The standard InChI is InChI=1S/C10H12O5S/c1-7-6-8(4-5-15-16(13)14)2-3-9(7)10(11)12/h2-3,6,16H,4-5H2,1H3,(H,11,12). The number of aryl methyl sites for hydroxylation is 1. The van der Waals surface area contributed by atoms with Crippen LogP contribution < -0.4 is 0 Å². The van der Waals surface area contributed by atoms with Crippen molar-refractivity contribution < 1.29 is 22.5 Å². The van der Waals surface area contributed by atoms with Crippen LogP contribution in [0.5, 0.6) is 0 Å². The molecule has 5 nitrogen and oxygen atoms in total. The molecule has 0 fully saturated rings. The SMILES string of the molecule is Cc1cc(CCO[SH](=O)=O)ccc1C(=O)O. The highest BCUT2D eigenvalue weighted by Crippen LogP contribution is 2.11. The second-order valence-electron chi connectivity index (χ2n) is 3.26. The third kappa shape index (κ3) is 3.63. The van der Waals surface area contributed by atoms with Gasteiger partial charge in [0.1, 0.15) is 0 Å². The normalized spacial score (nSPS) is 10.6. The first-order chi connectivity index (χ1) is 7.50. The highest BCUT2D eigenvalue weighted by Gasteiger charge is 2.06. The van der Waals surface area contributed by atoms with Crippen molar-refractivity contribution in [2.75, 3.05) is 6.61 Å². The van der Waals surface area contributed by atoms with E-state index in [4.69, 9.17) is 5.11 Å². The molecular formula is C10H12O5S. The van der Waals surface area contributed by atoms with Gasteiger partial charge >= 0.3 is 5.97 Å². The van der Waals surface area contributed by atoms with Gasteiger partial charge in [-0.2, -0.15) is 0 Å². The van der Waals surface area contributed by atoms with Crippen molar-refractivity contribution in [2.45, 2.75) is 13.3 Å². The van der Waals surface area contributed by atoms with E-state index in [2.05, 4.69) is 4.18 Å². The summed E-state index contributed by atoms with van der Waals surface area (Å²) >= 11 is 0. The third-order valence-corrected chi connectivity index (χ3v) is 2.50. The van der Waals surface area contributed by atoms with Crippen molar-refractivity contribution >= 4 is 17.0 Å². The van der Waals surface area contributed by atoms with Gasteiger partial charge in [0.25, 0.3) is 11.0 Å². The number of carboxylic acid groups (broad SMARTS) is 1. The molecule has 0 heterocycles. The van der Waals surface area contributed by atoms with E-state index in [0.29, 0.717) is 12.0 Å². The summed E-state index contributed by atoms with van der Waals surface area (Å²) in [5.41, 5.74) is 1.75. The van der Waals surface area contributed by atoms with Crippen LogP contribution in [0.1, 0.15) is 21.5 Å². The predicted octanol–water partition coefficient (Wildman–Crippen LogP) is 0.779. The summed E-state index contributed by atoms with van der Waals surface area (Å²) in [6.45, 7) is 1.77. The maximum absolute atomic E-state index is 10.7. The first kappa shape index (κ1) is 12.7. The number of benzene rings is 1. The fourth-order valence-corrected chi connectivity index (χ4v) is 1.60. The maximum atomic E-state index is 10.7. The van der Waals surface area contributed by atoms with Gasteiger partial charge in [0.2, 0.25) is 0 Å². The Balaban J connectivity index is 2.70. The van der Waals surface area contributed by atoms with Gasteiger partial charge in [-0.25, -0.2) is 13.2 Å². The number of rotatable bonds is 5. The molecule has 1 aromatic rings. The molecule has 0 aliphatic carbocycles. The Labute approximate surface area is 94.8 Å². The predicted molar refractivity (Wildman–Crippen MR) is 58.1 cm³/mol. The Morgan fingerprint density at radius 3 is 2.62 bits per heavy atom. The summed E-state index contributed by atoms with van der Waals surface area (Å²) in [6.07, 6.45) is 0.435. The van der Waals surface area contributed by atoms with Crippen molar-refractivity contribution in [3.05, 3.63) is 34.9 Å². The van der Waals surface area contributed by atoms with Crippen LogP contribution in [0, 0.1) is 6.92 Å². The molecule has 1 aromatic carbocycles. The number of hydrogen-bond acceptors (Lipinski definition) is 4. The molecule has 1 N–H and O–H groups in total. The van der Waals surface area contributed by atoms with Crippen LogP contribution >= 0.6 is 0 Å². The first-order valence-electron chi connectivity index (χ1n) is 4.61. The molecule has 0 unspecified atom stereocenters. The van der Waals surface area contributed by atoms with E-state index in [1.54, 1.807) is 19.1 Å². The van der Waals surface area contributed by atoms with E-state index in [1.807, 2.05) is 0 Å². The zero-order valence-electron chi connectivity index (χ0n) is 8.67. The fraction of sp³-hybridized carbons (Fsp3) is 0.300. The molecular weight excluding hydrogens is 232 g/mol. The third-order valence-electron chi connectivity index (χ3n) is 2.11. The van der Waals surface area contributed by atoms with Crippen molar-refractivity contribution in [2.24, 2.45) is 0 Å². The Kier molecular flexibility index (Phi) is 4.45. The molecule has 0 spiro atoms. The minimum atomic E-state index is -2.82. The van der Waals surface area contributed by atoms with Gasteiger partial charge in [-0.15, -0.1) is 0 Å². The van der Waals surface area contributed by atoms with Crippen LogP contribution in [0.15, 0.2) is 18.2 Å². The van der Waals surface area contributed by atoms with Crippen molar-refractivity contribution in [1.82, 2.24) is 0 Å². The number of carbonyl (C=O) groups is 1. The fourth-order valence-electron chi connectivity index (χ4n) is 1.36. The smallest absolute Gasteiger partial charge is 0.335 e. The highest BCUT2D eigenvalue weighted by molar-refractivity contribution is 7.67. The van der Waals surface area contributed by atoms with Gasteiger partial charge in [0.05, 0.1) is 12.2 Å². The van der Waals surface area contributed by atoms with Gasteiger partial charge < -0.3 is 5.11 Å². The van der Waals surface area contributed by atoms with E-state index < -0.39 is 17.0 Å². The van der Waals surface area contributed by atoms with E-state index in [-0.39, 0.29) is 12.2 Å². The summed E-state index contributed by atoms with van der Waals surface area (Å²) in [7, 11) is -2.82. The number of aromatic carboxylic acids is 1. The van der Waals surface area contributed by atoms with Crippen LogP contribution in [0.3, 0.4) is 0 Å². The van der Waals surface area contributed by atoms with Crippen LogP contribution in [0.4, 0.5) is 0 Å². The average molecular weight is 244 g/mol. The lowest BCUT2D eigenvalue weighted by Crippen LogP contribution is -2.02. The van der Waals surface area contributed by atoms with Crippen LogP contribution in [0.2, 0.25) is 0 Å². The molecule has 0 aromatic heterocycles. The lowest BCUT2D eigenvalue weighted by Gasteiger charge is -2.04. The maximum Gasteiger partial charge on any atom is 0.335 e. The topological polar surface area (TPSA) is 80.7 Å². The molecule has 0 radical (unpaired) electrons. The molecule has 0 saturated carbocycles. The van der Waals surface area contributed by atoms with Crippen LogP contribution in [0.25, 0.3) is 0 Å². The molecule has 0 atom stereocenters. The summed E-state index contributed by atoms with van der Waals surface area (Å²) in [5, 5.41) is 8.80. The molecule has 1 rings (SSSR count). The molecule has 88 valence electrons. The van der Waals surface area contributed by atoms with Gasteiger partial charge in [0, 0.05) is 0 Å². The lowest BCUT2D eigenvalue weighted by molar-refractivity contribution is 0.0696. The van der Waals surface area contributed by atoms with Gasteiger partial charge in [-0.1, -0.05) is 12.1 Å². The monoisotopic (exact) mass is 244 g/mol. The number of hydrogen-bond donors (Lipinski definition) is 2. The largest absolute Gasteiger partial charge is 0.478 e. The Bertz CT molecular complexity index is 456. The van der Waals surface area contributed by atoms with Gasteiger partial charge in [-0.05, 0) is 30.5 Å². The molecule has 0 bridgehead atoms. The number of thiol groups is 1. The highest BCUT2D eigenvalue weighted by atomic mass is 32.2. The molecule has 0 saturated heterocycles. The summed E-state index contributed by atoms with van der Waals surface area (Å²) in [6, 6.07) is 4.87. The van der Waals surface area contributed by atoms with Gasteiger partial charge in [0.15, 0.2) is 0 Å². The minimum Gasteiger partial charge on any atom is -0.478 e. The Morgan fingerprint density at radius 2 is 2.12 bits per heavy atom. The molecule has 0 aliphatic rings. The quantitative estimate of drug-likeness (QED) is 0.748. The van der Waals surface area contributed by atoms with Crippen LogP contribution in [-0.2, 0) is 21.6 Å². The van der Waals surface area contributed by atoms with Crippen LogP contribution in [-0.4, -0.2) is 26.1 Å². The second kappa shape index (κ2) is 5.62. The van der Waals surface area contributed by atoms with E-state index in [0.717, 1.165) is 5.56 Å². The zero-order chi connectivity index (χ0) is 12.1. The van der Waals surface area contributed by atoms with E-state index >= 15 is 0 Å². The summed E-state index contributed by atoms with van der Waals surface area (Å²) in [4.78, 5) is 10.7. The van der Waals surface area contributed by atoms with E-state index in [9.17, 15) is 13.2 Å². The lowest BCUT2D eigenvalue weighted by atomic mass is 10.0. The molecule has 0 aliphatic heterocycles. The number of carboxylic acids is 1. The second-order valence-corrected chi connectivity index (χ2v) is 3.97. The molecule has 0 amide bonds. The Hall–Kier alpha value is -1.40. The Morgan fingerprint density at radius 1 is 1.44 bits per heavy atom. The van der Waals surface area contributed by atoms with Gasteiger partial charge in [-0.3, -0.25) is 4.18 Å². The first-order valence-corrected chi connectivity index (χ1v) is 5.70. The summed E-state index contributed by atoms with van der Waals surface area (Å²) in [5.74, 6) is -0.970. The van der Waals surface area contributed by atoms with Crippen molar-refractivity contribution in [1.29, 1.82) is 0 Å². The molecule has 6 heteroatoms. The zero-order valence-corrected chi connectivity index (χ0v) is 9.57.